The van der Waals surface area contributed by atoms with Gasteiger partial charge in [0.25, 0.3) is 5.91 Å². The SMILES string of the molecule is CCNS(=O)(=O)c1ccc(C)c(C(=O)OCC(=O)Nc2cc(Cl)c(Cl)cc2Cl)c1. The summed E-state index contributed by atoms with van der Waals surface area (Å²) in [5.74, 6) is -1.50. The molecule has 2 N–H and O–H groups in total. The van der Waals surface area contributed by atoms with Gasteiger partial charge in [-0.05, 0) is 36.8 Å². The average Bonchev–Trinajstić information content (AvgIpc) is 2.64. The lowest BCUT2D eigenvalue weighted by atomic mass is 10.1. The topological polar surface area (TPSA) is 102 Å². The first-order valence-corrected chi connectivity index (χ1v) is 10.9. The summed E-state index contributed by atoms with van der Waals surface area (Å²) in [7, 11) is -3.74. The van der Waals surface area contributed by atoms with E-state index in [9.17, 15) is 18.0 Å². The average molecular weight is 480 g/mol. The van der Waals surface area contributed by atoms with Crippen molar-refractivity contribution in [3.63, 3.8) is 0 Å². The molecule has 29 heavy (non-hydrogen) atoms. The van der Waals surface area contributed by atoms with E-state index in [1.807, 2.05) is 0 Å². The highest BCUT2D eigenvalue weighted by Gasteiger charge is 2.19. The predicted octanol–water partition coefficient (Wildman–Crippen LogP) is 4.05. The van der Waals surface area contributed by atoms with Gasteiger partial charge in [0.1, 0.15) is 0 Å². The van der Waals surface area contributed by atoms with Gasteiger partial charge in [-0.15, -0.1) is 0 Å². The number of benzene rings is 2. The van der Waals surface area contributed by atoms with Crippen LogP contribution in [0.4, 0.5) is 5.69 Å². The summed E-state index contributed by atoms with van der Waals surface area (Å²) < 4.78 is 31.6. The predicted molar refractivity (Wildman–Crippen MR) is 112 cm³/mol. The van der Waals surface area contributed by atoms with Crippen LogP contribution in [0.25, 0.3) is 0 Å². The summed E-state index contributed by atoms with van der Waals surface area (Å²) in [4.78, 5) is 24.3. The van der Waals surface area contributed by atoms with Gasteiger partial charge >= 0.3 is 5.97 Å². The molecule has 2 rings (SSSR count). The van der Waals surface area contributed by atoms with Crippen LogP contribution in [-0.2, 0) is 19.6 Å². The maximum atomic E-state index is 12.3. The maximum absolute atomic E-state index is 12.3. The molecule has 0 aromatic heterocycles. The van der Waals surface area contributed by atoms with Crippen molar-refractivity contribution >= 4 is 62.4 Å². The standard InChI is InChI=1S/C18H17Cl3N2O5S/c1-3-22-29(26,27)11-5-4-10(2)12(6-11)18(25)28-9-17(24)23-16-8-14(20)13(19)7-15(16)21/h4-8,22H,3,9H2,1-2H3,(H,23,24). The summed E-state index contributed by atoms with van der Waals surface area (Å²) >= 11 is 17.7. The van der Waals surface area contributed by atoms with E-state index in [2.05, 4.69) is 10.0 Å². The van der Waals surface area contributed by atoms with E-state index in [0.717, 1.165) is 0 Å². The number of hydrogen-bond donors (Lipinski definition) is 2. The second kappa shape index (κ2) is 9.77. The van der Waals surface area contributed by atoms with E-state index >= 15 is 0 Å². The van der Waals surface area contributed by atoms with Gasteiger partial charge in [0.2, 0.25) is 10.0 Å². The molecule has 0 saturated carbocycles. The number of carbonyl (C=O) groups excluding carboxylic acids is 2. The number of halogens is 3. The summed E-state index contributed by atoms with van der Waals surface area (Å²) in [6.07, 6.45) is 0. The molecule has 0 aliphatic rings. The van der Waals surface area contributed by atoms with Gasteiger partial charge in [0.15, 0.2) is 6.61 Å². The molecule has 156 valence electrons. The summed E-state index contributed by atoms with van der Waals surface area (Å²) in [6, 6.07) is 6.79. The Labute approximate surface area is 183 Å². The van der Waals surface area contributed by atoms with Crippen LogP contribution in [0.1, 0.15) is 22.8 Å². The zero-order valence-corrected chi connectivity index (χ0v) is 18.5. The van der Waals surface area contributed by atoms with E-state index in [1.54, 1.807) is 13.8 Å². The molecule has 2 aromatic rings. The van der Waals surface area contributed by atoms with Crippen LogP contribution >= 0.6 is 34.8 Å². The third-order valence-electron chi connectivity index (χ3n) is 3.69. The fourth-order valence-electron chi connectivity index (χ4n) is 2.28. The lowest BCUT2D eigenvalue weighted by Crippen LogP contribution is -2.24. The van der Waals surface area contributed by atoms with Crippen LogP contribution in [0.3, 0.4) is 0 Å². The molecule has 0 fully saturated rings. The van der Waals surface area contributed by atoms with Crippen molar-refractivity contribution < 1.29 is 22.7 Å². The zero-order chi connectivity index (χ0) is 21.8. The lowest BCUT2D eigenvalue weighted by Gasteiger charge is -2.11. The summed E-state index contributed by atoms with van der Waals surface area (Å²) in [5, 5.41) is 3.04. The molecule has 0 heterocycles. The molecular weight excluding hydrogens is 463 g/mol. The van der Waals surface area contributed by atoms with Crippen LogP contribution in [-0.4, -0.2) is 33.4 Å². The van der Waals surface area contributed by atoms with Crippen LogP contribution < -0.4 is 10.0 Å². The van der Waals surface area contributed by atoms with Gasteiger partial charge in [0, 0.05) is 6.54 Å². The van der Waals surface area contributed by atoms with Gasteiger partial charge in [-0.25, -0.2) is 17.9 Å². The molecule has 1 amide bonds. The molecular formula is C18H17Cl3N2O5S. The number of rotatable bonds is 7. The van der Waals surface area contributed by atoms with Crippen molar-refractivity contribution in [3.8, 4) is 0 Å². The van der Waals surface area contributed by atoms with E-state index in [0.29, 0.717) is 5.56 Å². The molecule has 0 aliphatic heterocycles. The van der Waals surface area contributed by atoms with Crippen LogP contribution in [0, 0.1) is 6.92 Å². The Balaban J connectivity index is 2.09. The Kier molecular flexibility index (Phi) is 7.90. The van der Waals surface area contributed by atoms with E-state index in [4.69, 9.17) is 39.5 Å². The van der Waals surface area contributed by atoms with Crippen LogP contribution in [0.2, 0.25) is 15.1 Å². The number of amides is 1. The molecule has 0 unspecified atom stereocenters. The van der Waals surface area contributed by atoms with Crippen molar-refractivity contribution in [1.29, 1.82) is 0 Å². The van der Waals surface area contributed by atoms with Crippen molar-refractivity contribution in [3.05, 3.63) is 56.5 Å². The Morgan fingerprint density at radius 2 is 1.69 bits per heavy atom. The minimum absolute atomic E-state index is 0.0318. The molecule has 0 aliphatic carbocycles. The second-order valence-electron chi connectivity index (χ2n) is 5.85. The Bertz CT molecular complexity index is 1060. The van der Waals surface area contributed by atoms with Crippen molar-refractivity contribution in [2.75, 3.05) is 18.5 Å². The molecule has 2 aromatic carbocycles. The largest absolute Gasteiger partial charge is 0.452 e. The first kappa shape index (κ1) is 23.4. The highest BCUT2D eigenvalue weighted by molar-refractivity contribution is 7.89. The smallest absolute Gasteiger partial charge is 0.338 e. The van der Waals surface area contributed by atoms with Crippen molar-refractivity contribution in [2.45, 2.75) is 18.7 Å². The zero-order valence-electron chi connectivity index (χ0n) is 15.4. The number of aryl methyl sites for hydroxylation is 1. The normalized spacial score (nSPS) is 11.2. The number of sulfonamides is 1. The summed E-state index contributed by atoms with van der Waals surface area (Å²) in [6.45, 7) is 2.85. The highest BCUT2D eigenvalue weighted by atomic mass is 35.5. The van der Waals surface area contributed by atoms with Crippen LogP contribution in [0.15, 0.2) is 35.2 Å². The van der Waals surface area contributed by atoms with Crippen molar-refractivity contribution in [2.24, 2.45) is 0 Å². The second-order valence-corrected chi connectivity index (χ2v) is 8.84. The molecule has 11 heteroatoms. The summed E-state index contributed by atoms with van der Waals surface area (Å²) in [5.41, 5.74) is 0.736. The molecule has 7 nitrogen and oxygen atoms in total. The minimum Gasteiger partial charge on any atom is -0.452 e. The van der Waals surface area contributed by atoms with Gasteiger partial charge in [-0.3, -0.25) is 4.79 Å². The third-order valence-corrected chi connectivity index (χ3v) is 6.27. The number of hydrogen-bond acceptors (Lipinski definition) is 5. The highest BCUT2D eigenvalue weighted by Crippen LogP contribution is 2.32. The lowest BCUT2D eigenvalue weighted by molar-refractivity contribution is -0.119. The molecule has 0 atom stereocenters. The molecule has 0 saturated heterocycles. The van der Waals surface area contributed by atoms with E-state index < -0.39 is 28.5 Å². The maximum Gasteiger partial charge on any atom is 0.338 e. The number of ether oxygens (including phenoxy) is 1. The minimum atomic E-state index is -3.74. The first-order valence-electron chi connectivity index (χ1n) is 8.27. The van der Waals surface area contributed by atoms with Crippen LogP contribution in [0.5, 0.6) is 0 Å². The number of carbonyl (C=O) groups is 2. The molecule has 0 spiro atoms. The quantitative estimate of drug-likeness (QED) is 0.461. The first-order chi connectivity index (χ1) is 13.5. The van der Waals surface area contributed by atoms with E-state index in [-0.39, 0.29) is 37.8 Å². The van der Waals surface area contributed by atoms with Gasteiger partial charge < -0.3 is 10.1 Å². The van der Waals surface area contributed by atoms with Gasteiger partial charge in [-0.1, -0.05) is 47.8 Å². The van der Waals surface area contributed by atoms with Crippen molar-refractivity contribution in [1.82, 2.24) is 4.72 Å². The Morgan fingerprint density at radius 1 is 1.03 bits per heavy atom. The van der Waals surface area contributed by atoms with Gasteiger partial charge in [-0.2, -0.15) is 0 Å². The fourth-order valence-corrected chi connectivity index (χ4v) is 3.94. The Hall–Kier alpha value is -1.84. The van der Waals surface area contributed by atoms with E-state index in [1.165, 1.54) is 30.3 Å². The number of nitrogens with one attached hydrogen (secondary N) is 2. The fraction of sp³-hybridized carbons (Fsp3) is 0.222. The monoisotopic (exact) mass is 478 g/mol. The molecule has 0 bridgehead atoms. The Morgan fingerprint density at radius 3 is 2.34 bits per heavy atom. The molecule has 0 radical (unpaired) electrons. The third kappa shape index (κ3) is 6.07. The number of anilines is 1. The van der Waals surface area contributed by atoms with Gasteiger partial charge in [0.05, 0.1) is 31.2 Å². The number of esters is 1.